The van der Waals surface area contributed by atoms with Crippen molar-refractivity contribution in [3.05, 3.63) is 32.6 Å². The maximum atomic E-state index is 13.5. The summed E-state index contributed by atoms with van der Waals surface area (Å²) >= 11 is 7.70. The van der Waals surface area contributed by atoms with Gasteiger partial charge in [-0.15, -0.1) is 0 Å². The maximum absolute atomic E-state index is 13.5. The van der Waals surface area contributed by atoms with E-state index < -0.39 is 5.82 Å². The zero-order valence-electron chi connectivity index (χ0n) is 7.30. The van der Waals surface area contributed by atoms with Crippen LogP contribution in [0.2, 0.25) is 5.02 Å². The Kier molecular flexibility index (Phi) is 2.83. The molecule has 2 aromatic rings. The summed E-state index contributed by atoms with van der Waals surface area (Å²) < 4.78 is 19.0. The average Bonchev–Trinajstić information content (AvgIpc) is 2.52. The van der Waals surface area contributed by atoms with Crippen molar-refractivity contribution in [2.45, 2.75) is 0 Å². The van der Waals surface area contributed by atoms with Crippen LogP contribution in [-0.4, -0.2) is 5.16 Å². The van der Waals surface area contributed by atoms with Crippen molar-refractivity contribution in [2.24, 2.45) is 0 Å². The van der Waals surface area contributed by atoms with Gasteiger partial charge in [-0.3, -0.25) is 0 Å². The minimum absolute atomic E-state index is 0.241. The Balaban J connectivity index is 2.63. The van der Waals surface area contributed by atoms with Crippen LogP contribution in [0.3, 0.4) is 0 Å². The van der Waals surface area contributed by atoms with Crippen LogP contribution in [0, 0.1) is 9.39 Å². The Bertz CT molecular complexity index is 515. The number of nitrogens with zero attached hydrogens (tertiary/aromatic N) is 1. The maximum Gasteiger partial charge on any atom is 0.185 e. The van der Waals surface area contributed by atoms with Crippen molar-refractivity contribution in [3.8, 4) is 11.3 Å². The van der Waals surface area contributed by atoms with Crippen molar-refractivity contribution < 1.29 is 8.91 Å². The number of rotatable bonds is 1. The third-order valence-electron chi connectivity index (χ3n) is 1.83. The first-order chi connectivity index (χ1) is 7.09. The molecule has 0 saturated carbocycles. The summed E-state index contributed by atoms with van der Waals surface area (Å²) in [5.74, 6) is 0.117. The molecular weight excluding hydrogens is 333 g/mol. The number of benzene rings is 1. The highest BCUT2D eigenvalue weighted by Gasteiger charge is 2.16. The van der Waals surface area contributed by atoms with Crippen LogP contribution in [0.5, 0.6) is 0 Å². The van der Waals surface area contributed by atoms with Crippen molar-refractivity contribution in [2.75, 3.05) is 5.73 Å². The molecule has 0 saturated heterocycles. The summed E-state index contributed by atoms with van der Waals surface area (Å²) in [7, 11) is 0. The Morgan fingerprint density at radius 1 is 1.47 bits per heavy atom. The molecule has 0 atom stereocenters. The highest BCUT2D eigenvalue weighted by Crippen LogP contribution is 2.32. The van der Waals surface area contributed by atoms with Crippen molar-refractivity contribution in [1.82, 2.24) is 5.16 Å². The number of nitrogen functional groups attached to an aromatic ring is 1. The standard InChI is InChI=1S/C9H5ClFIN2O/c10-4-1-2-6(11)5(3-4)8-7(12)9(13)14-15-8/h1-3H,(H2,13,14). The molecule has 0 bridgehead atoms. The third kappa shape index (κ3) is 1.93. The van der Waals surface area contributed by atoms with Gasteiger partial charge in [0.05, 0.1) is 5.56 Å². The van der Waals surface area contributed by atoms with E-state index in [2.05, 4.69) is 5.16 Å². The van der Waals surface area contributed by atoms with E-state index >= 15 is 0 Å². The van der Waals surface area contributed by atoms with Gasteiger partial charge in [-0.2, -0.15) is 0 Å². The highest BCUT2D eigenvalue weighted by atomic mass is 127. The van der Waals surface area contributed by atoms with E-state index in [4.69, 9.17) is 21.9 Å². The first-order valence-corrected chi connectivity index (χ1v) is 5.41. The predicted molar refractivity (Wildman–Crippen MR) is 64.0 cm³/mol. The molecule has 3 nitrogen and oxygen atoms in total. The van der Waals surface area contributed by atoms with E-state index in [1.54, 1.807) is 0 Å². The lowest BCUT2D eigenvalue weighted by Gasteiger charge is -1.99. The lowest BCUT2D eigenvalue weighted by molar-refractivity contribution is 0.433. The second-order valence-corrected chi connectivity index (χ2v) is 4.35. The SMILES string of the molecule is Nc1noc(-c2cc(Cl)ccc2F)c1I. The van der Waals surface area contributed by atoms with Gasteiger partial charge in [0.25, 0.3) is 0 Å². The molecule has 6 heteroatoms. The molecule has 2 rings (SSSR count). The van der Waals surface area contributed by atoms with E-state index in [0.29, 0.717) is 14.4 Å². The highest BCUT2D eigenvalue weighted by molar-refractivity contribution is 14.1. The van der Waals surface area contributed by atoms with Gasteiger partial charge in [0.15, 0.2) is 11.6 Å². The number of hydrogen-bond donors (Lipinski definition) is 1. The van der Waals surface area contributed by atoms with Crippen molar-refractivity contribution in [1.29, 1.82) is 0 Å². The molecule has 0 amide bonds. The topological polar surface area (TPSA) is 52.0 Å². The summed E-state index contributed by atoms with van der Waals surface area (Å²) in [4.78, 5) is 0. The van der Waals surface area contributed by atoms with Crippen molar-refractivity contribution >= 4 is 40.0 Å². The molecule has 0 radical (unpaired) electrons. The van der Waals surface area contributed by atoms with E-state index in [1.165, 1.54) is 18.2 Å². The Hall–Kier alpha value is -0.820. The second kappa shape index (κ2) is 3.97. The Morgan fingerprint density at radius 2 is 2.20 bits per heavy atom. The zero-order chi connectivity index (χ0) is 11.0. The van der Waals surface area contributed by atoms with Crippen molar-refractivity contribution in [3.63, 3.8) is 0 Å². The molecule has 1 heterocycles. The third-order valence-corrected chi connectivity index (χ3v) is 3.11. The summed E-state index contributed by atoms with van der Waals surface area (Å²) in [6.07, 6.45) is 0. The first kappa shape index (κ1) is 10.7. The average molecular weight is 339 g/mol. The molecule has 0 fully saturated rings. The van der Waals surface area contributed by atoms with Crippen LogP contribution in [-0.2, 0) is 0 Å². The smallest absolute Gasteiger partial charge is 0.185 e. The number of aromatic nitrogens is 1. The van der Waals surface area contributed by atoms with Gasteiger partial charge in [0.2, 0.25) is 0 Å². The summed E-state index contributed by atoms with van der Waals surface area (Å²) in [5.41, 5.74) is 5.76. The molecule has 0 aliphatic rings. The molecule has 0 spiro atoms. The second-order valence-electron chi connectivity index (χ2n) is 2.84. The van der Waals surface area contributed by atoms with Gasteiger partial charge in [0.1, 0.15) is 9.39 Å². The minimum atomic E-state index is -0.423. The van der Waals surface area contributed by atoms with Crippen LogP contribution in [0.15, 0.2) is 22.7 Å². The molecule has 0 aliphatic heterocycles. The van der Waals surface area contributed by atoms with Crippen LogP contribution >= 0.6 is 34.2 Å². The van der Waals surface area contributed by atoms with Gasteiger partial charge >= 0.3 is 0 Å². The molecule has 2 N–H and O–H groups in total. The number of anilines is 1. The molecular formula is C9H5ClFIN2O. The largest absolute Gasteiger partial charge is 0.380 e. The molecule has 0 aliphatic carbocycles. The fourth-order valence-corrected chi connectivity index (χ4v) is 1.79. The van der Waals surface area contributed by atoms with Crippen LogP contribution < -0.4 is 5.73 Å². The van der Waals surface area contributed by atoms with Crippen LogP contribution in [0.4, 0.5) is 10.2 Å². The van der Waals surface area contributed by atoms with E-state index in [0.717, 1.165) is 0 Å². The van der Waals surface area contributed by atoms with Gasteiger partial charge in [0, 0.05) is 5.02 Å². The fourth-order valence-electron chi connectivity index (χ4n) is 1.13. The molecule has 78 valence electrons. The minimum Gasteiger partial charge on any atom is -0.380 e. The van der Waals surface area contributed by atoms with E-state index in [1.807, 2.05) is 22.6 Å². The Morgan fingerprint density at radius 3 is 2.80 bits per heavy atom. The molecule has 0 unspecified atom stereocenters. The lowest BCUT2D eigenvalue weighted by Crippen LogP contribution is -1.88. The fraction of sp³-hybridized carbons (Fsp3) is 0. The first-order valence-electron chi connectivity index (χ1n) is 3.95. The monoisotopic (exact) mass is 338 g/mol. The van der Waals surface area contributed by atoms with Gasteiger partial charge in [-0.25, -0.2) is 4.39 Å². The molecule has 1 aromatic heterocycles. The normalized spacial score (nSPS) is 10.6. The number of nitrogens with two attached hydrogens (primary N) is 1. The quantitative estimate of drug-likeness (QED) is 0.812. The van der Waals surface area contributed by atoms with Gasteiger partial charge < -0.3 is 10.3 Å². The summed E-state index contributed by atoms with van der Waals surface area (Å²) in [5, 5.41) is 3.98. The van der Waals surface area contributed by atoms with Crippen LogP contribution in [0.1, 0.15) is 0 Å². The molecule has 1 aromatic carbocycles. The van der Waals surface area contributed by atoms with Crippen LogP contribution in [0.25, 0.3) is 11.3 Å². The Labute approximate surface area is 104 Å². The molecule has 15 heavy (non-hydrogen) atoms. The number of hydrogen-bond acceptors (Lipinski definition) is 3. The summed E-state index contributed by atoms with van der Waals surface area (Å²) in [6, 6.07) is 4.21. The van der Waals surface area contributed by atoms with Gasteiger partial charge in [-0.1, -0.05) is 16.8 Å². The van der Waals surface area contributed by atoms with E-state index in [-0.39, 0.29) is 11.4 Å². The predicted octanol–water partition coefficient (Wildman–Crippen LogP) is 3.32. The zero-order valence-corrected chi connectivity index (χ0v) is 10.2. The summed E-state index contributed by atoms with van der Waals surface area (Å²) in [6.45, 7) is 0. The van der Waals surface area contributed by atoms with E-state index in [9.17, 15) is 4.39 Å². The number of halogens is 3. The van der Waals surface area contributed by atoms with Gasteiger partial charge in [-0.05, 0) is 40.8 Å². The lowest BCUT2D eigenvalue weighted by atomic mass is 10.1.